The van der Waals surface area contributed by atoms with Gasteiger partial charge in [-0.3, -0.25) is 0 Å². The SMILES string of the molecule is Clc1cc2c(c(N(c3ccccc3)c3ccc4ccccc4c3)c1)C1(c3ccccc3-c3cc4ccccc4cc31)c1ccccc1-2. The number of rotatable bonds is 3. The van der Waals surface area contributed by atoms with Gasteiger partial charge in [-0.2, -0.15) is 0 Å². The van der Waals surface area contributed by atoms with Gasteiger partial charge in [0.05, 0.1) is 11.1 Å². The van der Waals surface area contributed by atoms with Gasteiger partial charge in [-0.25, -0.2) is 0 Å². The van der Waals surface area contributed by atoms with Crippen LogP contribution in [0, 0.1) is 0 Å². The van der Waals surface area contributed by atoms with E-state index in [-0.39, 0.29) is 0 Å². The van der Waals surface area contributed by atoms with Crippen LogP contribution in [0.4, 0.5) is 17.1 Å². The number of halogens is 1. The van der Waals surface area contributed by atoms with Crippen LogP contribution in [0.3, 0.4) is 0 Å². The van der Waals surface area contributed by atoms with Crippen molar-refractivity contribution < 1.29 is 0 Å². The second kappa shape index (κ2) is 9.93. The molecule has 1 spiro atoms. The number of hydrogen-bond donors (Lipinski definition) is 0. The third-order valence-corrected chi connectivity index (χ3v) is 10.5. The number of hydrogen-bond acceptors (Lipinski definition) is 1. The Morgan fingerprint density at radius 3 is 1.68 bits per heavy atom. The number of fused-ring (bicyclic) bond motifs is 12. The average Bonchev–Trinajstić information content (AvgIpc) is 3.57. The summed E-state index contributed by atoms with van der Waals surface area (Å²) in [6.45, 7) is 0. The van der Waals surface area contributed by atoms with Gasteiger partial charge in [0.2, 0.25) is 0 Å². The van der Waals surface area contributed by atoms with E-state index in [1.807, 2.05) is 0 Å². The molecule has 2 aliphatic carbocycles. The van der Waals surface area contributed by atoms with Gasteiger partial charge in [-0.1, -0.05) is 133 Å². The maximum Gasteiger partial charge on any atom is 0.0746 e. The molecule has 8 aromatic rings. The molecule has 0 amide bonds. The summed E-state index contributed by atoms with van der Waals surface area (Å²) in [5.74, 6) is 0. The zero-order valence-electron chi connectivity index (χ0n) is 25.5. The van der Waals surface area contributed by atoms with E-state index in [0.29, 0.717) is 0 Å². The molecular weight excluding hydrogens is 590 g/mol. The molecule has 2 heteroatoms. The van der Waals surface area contributed by atoms with Crippen molar-refractivity contribution in [2.75, 3.05) is 4.90 Å². The van der Waals surface area contributed by atoms with Gasteiger partial charge in [-0.15, -0.1) is 0 Å². The van der Waals surface area contributed by atoms with Crippen LogP contribution in [0.2, 0.25) is 5.02 Å². The van der Waals surface area contributed by atoms with Crippen LogP contribution >= 0.6 is 11.6 Å². The van der Waals surface area contributed by atoms with Crippen LogP contribution in [0.25, 0.3) is 43.8 Å². The van der Waals surface area contributed by atoms with Gasteiger partial charge in [0, 0.05) is 22.0 Å². The number of nitrogens with zero attached hydrogens (tertiary/aromatic N) is 1. The van der Waals surface area contributed by atoms with Gasteiger partial charge >= 0.3 is 0 Å². The lowest BCUT2D eigenvalue weighted by Crippen LogP contribution is -2.28. The van der Waals surface area contributed by atoms with Crippen molar-refractivity contribution in [3.63, 3.8) is 0 Å². The average molecular weight is 618 g/mol. The van der Waals surface area contributed by atoms with Crippen LogP contribution in [0.15, 0.2) is 170 Å². The van der Waals surface area contributed by atoms with Gasteiger partial charge in [-0.05, 0) is 109 Å². The molecule has 0 saturated heterocycles. The zero-order valence-corrected chi connectivity index (χ0v) is 26.2. The summed E-state index contributed by atoms with van der Waals surface area (Å²) in [4.78, 5) is 2.41. The van der Waals surface area contributed by atoms with Crippen molar-refractivity contribution in [2.24, 2.45) is 0 Å². The Labute approximate surface area is 278 Å². The maximum absolute atomic E-state index is 7.16. The van der Waals surface area contributed by atoms with Crippen molar-refractivity contribution in [1.82, 2.24) is 0 Å². The number of benzene rings is 8. The molecule has 1 atom stereocenters. The first-order valence-electron chi connectivity index (χ1n) is 16.1. The maximum atomic E-state index is 7.16. The van der Waals surface area contributed by atoms with Gasteiger partial charge in [0.25, 0.3) is 0 Å². The fourth-order valence-corrected chi connectivity index (χ4v) is 8.61. The molecule has 1 unspecified atom stereocenters. The highest BCUT2D eigenvalue weighted by molar-refractivity contribution is 6.31. The normalized spacial score (nSPS) is 15.4. The van der Waals surface area contributed by atoms with Gasteiger partial charge in [0.15, 0.2) is 0 Å². The standard InChI is InChI=1S/C45H28ClN/c46-33-27-39-37-19-9-11-21-41(37)45(40-20-10-8-18-36(40)38-25-31-14-6-7-15-32(31)26-42(38)45)44(39)43(28-33)47(34-16-2-1-3-17-34)35-23-22-29-12-4-5-13-30(29)24-35/h1-28H. The predicted molar refractivity (Wildman–Crippen MR) is 197 cm³/mol. The molecule has 0 radical (unpaired) electrons. The lowest BCUT2D eigenvalue weighted by atomic mass is 9.69. The summed E-state index contributed by atoms with van der Waals surface area (Å²) in [7, 11) is 0. The molecule has 2 aliphatic rings. The van der Waals surface area contributed by atoms with E-state index in [4.69, 9.17) is 11.6 Å². The second-order valence-corrected chi connectivity index (χ2v) is 13.1. The summed E-state index contributed by atoms with van der Waals surface area (Å²) in [5.41, 5.74) is 12.9. The Bertz CT molecular complexity index is 2550. The van der Waals surface area contributed by atoms with Gasteiger partial charge < -0.3 is 4.90 Å². The lowest BCUT2D eigenvalue weighted by molar-refractivity contribution is 0.794. The topological polar surface area (TPSA) is 3.24 Å². The quantitative estimate of drug-likeness (QED) is 0.191. The Morgan fingerprint density at radius 1 is 0.383 bits per heavy atom. The molecule has 0 bridgehead atoms. The third-order valence-electron chi connectivity index (χ3n) is 10.2. The summed E-state index contributed by atoms with van der Waals surface area (Å²) in [5, 5.41) is 5.63. The highest BCUT2D eigenvalue weighted by Crippen LogP contribution is 2.66. The molecule has 47 heavy (non-hydrogen) atoms. The fraction of sp³-hybridized carbons (Fsp3) is 0.0222. The van der Waals surface area contributed by atoms with E-state index >= 15 is 0 Å². The molecular formula is C45H28ClN. The Morgan fingerprint density at radius 2 is 0.957 bits per heavy atom. The first-order chi connectivity index (χ1) is 23.2. The number of anilines is 3. The van der Waals surface area contributed by atoms with Crippen LogP contribution < -0.4 is 4.90 Å². The van der Waals surface area contributed by atoms with Crippen molar-refractivity contribution in [3.05, 3.63) is 197 Å². The Balaban J connectivity index is 1.37. The van der Waals surface area contributed by atoms with Crippen molar-refractivity contribution in [3.8, 4) is 22.3 Å². The van der Waals surface area contributed by atoms with Crippen LogP contribution in [-0.4, -0.2) is 0 Å². The van der Waals surface area contributed by atoms with E-state index in [9.17, 15) is 0 Å². The molecule has 0 heterocycles. The molecule has 0 fully saturated rings. The molecule has 0 aromatic heterocycles. The predicted octanol–water partition coefficient (Wildman–Crippen LogP) is 12.5. The summed E-state index contributed by atoms with van der Waals surface area (Å²) in [6, 6.07) is 61.9. The van der Waals surface area contributed by atoms with Crippen molar-refractivity contribution in [2.45, 2.75) is 5.41 Å². The van der Waals surface area contributed by atoms with E-state index in [1.165, 1.54) is 66.1 Å². The Hall–Kier alpha value is -5.63. The summed E-state index contributed by atoms with van der Waals surface area (Å²) >= 11 is 7.16. The second-order valence-electron chi connectivity index (χ2n) is 12.6. The van der Waals surface area contributed by atoms with Crippen molar-refractivity contribution >= 4 is 50.2 Å². The molecule has 10 rings (SSSR count). The number of para-hydroxylation sites is 1. The minimum atomic E-state index is -0.536. The van der Waals surface area contributed by atoms with E-state index in [2.05, 4.69) is 175 Å². The molecule has 220 valence electrons. The van der Waals surface area contributed by atoms with E-state index in [0.717, 1.165) is 22.1 Å². The fourth-order valence-electron chi connectivity index (χ4n) is 8.40. The zero-order chi connectivity index (χ0) is 31.1. The monoisotopic (exact) mass is 617 g/mol. The first-order valence-corrected chi connectivity index (χ1v) is 16.5. The highest BCUT2D eigenvalue weighted by Gasteiger charge is 2.53. The van der Waals surface area contributed by atoms with Crippen LogP contribution in [0.5, 0.6) is 0 Å². The minimum Gasteiger partial charge on any atom is -0.310 e. The largest absolute Gasteiger partial charge is 0.310 e. The molecule has 0 aliphatic heterocycles. The molecule has 1 nitrogen and oxygen atoms in total. The smallest absolute Gasteiger partial charge is 0.0746 e. The highest BCUT2D eigenvalue weighted by atomic mass is 35.5. The van der Waals surface area contributed by atoms with E-state index in [1.54, 1.807) is 0 Å². The molecule has 0 saturated carbocycles. The Kier molecular flexibility index (Phi) is 5.62. The van der Waals surface area contributed by atoms with Gasteiger partial charge in [0.1, 0.15) is 0 Å². The lowest BCUT2D eigenvalue weighted by Gasteiger charge is -2.36. The van der Waals surface area contributed by atoms with Crippen LogP contribution in [0.1, 0.15) is 22.3 Å². The van der Waals surface area contributed by atoms with E-state index < -0.39 is 5.41 Å². The third kappa shape index (κ3) is 3.66. The minimum absolute atomic E-state index is 0.536. The molecule has 0 N–H and O–H groups in total. The summed E-state index contributed by atoms with van der Waals surface area (Å²) < 4.78 is 0. The first kappa shape index (κ1) is 26.6. The van der Waals surface area contributed by atoms with Crippen LogP contribution in [-0.2, 0) is 5.41 Å². The summed E-state index contributed by atoms with van der Waals surface area (Å²) in [6.07, 6.45) is 0. The molecule has 8 aromatic carbocycles. The van der Waals surface area contributed by atoms with Crippen molar-refractivity contribution in [1.29, 1.82) is 0 Å².